The molecule has 1 aromatic carbocycles. The highest BCUT2D eigenvalue weighted by Crippen LogP contribution is 2.41. The van der Waals surface area contributed by atoms with Gasteiger partial charge in [-0.05, 0) is 24.0 Å². The van der Waals surface area contributed by atoms with Crippen LogP contribution in [0.25, 0.3) is 0 Å². The molecule has 0 bridgehead atoms. The quantitative estimate of drug-likeness (QED) is 0.803. The normalized spacial score (nSPS) is 28.9. The number of hydrogen-bond donors (Lipinski definition) is 2. The van der Waals surface area contributed by atoms with Crippen LogP contribution in [-0.2, 0) is 0 Å². The Morgan fingerprint density at radius 2 is 1.94 bits per heavy atom. The van der Waals surface area contributed by atoms with E-state index in [1.165, 1.54) is 0 Å². The van der Waals surface area contributed by atoms with E-state index in [0.717, 1.165) is 25.2 Å². The van der Waals surface area contributed by atoms with Crippen LogP contribution in [-0.4, -0.2) is 25.0 Å². The van der Waals surface area contributed by atoms with Gasteiger partial charge in [0.15, 0.2) is 0 Å². The van der Waals surface area contributed by atoms with Gasteiger partial charge >= 0.3 is 0 Å². The van der Waals surface area contributed by atoms with E-state index in [9.17, 15) is 13.6 Å². The minimum atomic E-state index is -0.803. The number of nitrogens with one attached hydrogen (secondary N) is 2. The predicted octanol–water partition coefficient (Wildman–Crippen LogP) is 1.57. The zero-order valence-corrected chi connectivity index (χ0v) is 10.1. The SMILES string of the molecule is O=C(NC1C2CNCC21)c1cc(F)c(Cl)cc1F. The molecular weight excluding hydrogens is 262 g/mol. The second-order valence-electron chi connectivity index (χ2n) is 4.73. The number of hydrogen-bond acceptors (Lipinski definition) is 2. The Bertz CT molecular complexity index is 513. The molecule has 2 N–H and O–H groups in total. The molecule has 2 fully saturated rings. The molecule has 1 saturated heterocycles. The summed E-state index contributed by atoms with van der Waals surface area (Å²) in [7, 11) is 0. The summed E-state index contributed by atoms with van der Waals surface area (Å²) in [6, 6.07) is 1.74. The molecule has 0 aromatic heterocycles. The van der Waals surface area contributed by atoms with Crippen molar-refractivity contribution in [3.05, 3.63) is 34.4 Å². The van der Waals surface area contributed by atoms with Gasteiger partial charge in [-0.25, -0.2) is 8.78 Å². The average molecular weight is 273 g/mol. The molecule has 1 aliphatic carbocycles. The third kappa shape index (κ3) is 1.87. The summed E-state index contributed by atoms with van der Waals surface area (Å²) >= 11 is 5.43. The molecule has 6 heteroatoms. The van der Waals surface area contributed by atoms with Gasteiger partial charge in [0.05, 0.1) is 10.6 Å². The fraction of sp³-hybridized carbons (Fsp3) is 0.417. The van der Waals surface area contributed by atoms with Gasteiger partial charge in [-0.15, -0.1) is 0 Å². The maximum Gasteiger partial charge on any atom is 0.254 e. The van der Waals surface area contributed by atoms with Crippen LogP contribution in [0.2, 0.25) is 5.02 Å². The summed E-state index contributed by atoms with van der Waals surface area (Å²) in [5, 5.41) is 5.60. The van der Waals surface area contributed by atoms with Crippen molar-refractivity contribution in [2.45, 2.75) is 6.04 Å². The van der Waals surface area contributed by atoms with Crippen molar-refractivity contribution < 1.29 is 13.6 Å². The van der Waals surface area contributed by atoms with E-state index in [0.29, 0.717) is 11.8 Å². The Kier molecular flexibility index (Phi) is 2.75. The fourth-order valence-corrected chi connectivity index (χ4v) is 2.71. The van der Waals surface area contributed by atoms with Gasteiger partial charge in [0, 0.05) is 19.1 Å². The lowest BCUT2D eigenvalue weighted by atomic mass is 10.2. The molecule has 2 atom stereocenters. The van der Waals surface area contributed by atoms with Crippen molar-refractivity contribution in [3.8, 4) is 0 Å². The zero-order valence-electron chi connectivity index (χ0n) is 9.34. The van der Waals surface area contributed by atoms with E-state index in [1.807, 2.05) is 0 Å². The third-order valence-corrected chi connectivity index (χ3v) is 3.93. The minimum absolute atomic E-state index is 0.0805. The standard InChI is InChI=1S/C12H11ClF2N2O/c13-8-2-9(14)5(1-10(8)15)12(18)17-11-6-3-16-4-7(6)11/h1-2,6-7,11,16H,3-4H2,(H,17,18). The fourth-order valence-electron chi connectivity index (χ4n) is 2.56. The molecule has 0 spiro atoms. The summed E-state index contributed by atoms with van der Waals surface area (Å²) in [6.07, 6.45) is 0. The van der Waals surface area contributed by atoms with Gasteiger partial charge in [-0.2, -0.15) is 0 Å². The summed E-state index contributed by atoms with van der Waals surface area (Å²) in [5.74, 6) is -1.32. The predicted molar refractivity (Wildman–Crippen MR) is 62.5 cm³/mol. The summed E-state index contributed by atoms with van der Waals surface area (Å²) in [4.78, 5) is 11.8. The molecule has 18 heavy (non-hydrogen) atoms. The van der Waals surface area contributed by atoms with Gasteiger partial charge in [0.1, 0.15) is 11.6 Å². The largest absolute Gasteiger partial charge is 0.349 e. The molecule has 1 heterocycles. The van der Waals surface area contributed by atoms with Crippen LogP contribution in [0.5, 0.6) is 0 Å². The van der Waals surface area contributed by atoms with Crippen LogP contribution < -0.4 is 10.6 Å². The molecule has 3 nitrogen and oxygen atoms in total. The maximum atomic E-state index is 13.5. The van der Waals surface area contributed by atoms with Crippen LogP contribution in [0.4, 0.5) is 8.78 Å². The van der Waals surface area contributed by atoms with Gasteiger partial charge in [-0.1, -0.05) is 11.6 Å². The molecule has 1 aliphatic heterocycles. The van der Waals surface area contributed by atoms with Gasteiger partial charge < -0.3 is 10.6 Å². The van der Waals surface area contributed by atoms with Crippen molar-refractivity contribution in [2.75, 3.05) is 13.1 Å². The first-order valence-electron chi connectivity index (χ1n) is 5.74. The maximum absolute atomic E-state index is 13.5. The Hall–Kier alpha value is -1.20. The van der Waals surface area contributed by atoms with Crippen LogP contribution in [0, 0.1) is 23.5 Å². The molecule has 1 aromatic rings. The highest BCUT2D eigenvalue weighted by atomic mass is 35.5. The van der Waals surface area contributed by atoms with Crippen molar-refractivity contribution in [3.63, 3.8) is 0 Å². The number of benzene rings is 1. The number of halogens is 3. The summed E-state index contributed by atoms with van der Waals surface area (Å²) in [5.41, 5.74) is -0.296. The first kappa shape index (κ1) is 11.9. The van der Waals surface area contributed by atoms with E-state index in [1.54, 1.807) is 0 Å². The lowest BCUT2D eigenvalue weighted by Gasteiger charge is -2.09. The van der Waals surface area contributed by atoms with Crippen molar-refractivity contribution >= 4 is 17.5 Å². The van der Waals surface area contributed by atoms with Crippen LogP contribution >= 0.6 is 11.6 Å². The van der Waals surface area contributed by atoms with E-state index in [2.05, 4.69) is 10.6 Å². The Labute approximate surface area is 108 Å². The van der Waals surface area contributed by atoms with E-state index in [-0.39, 0.29) is 16.6 Å². The number of rotatable bonds is 2. The topological polar surface area (TPSA) is 41.1 Å². The van der Waals surface area contributed by atoms with Crippen molar-refractivity contribution in [1.29, 1.82) is 0 Å². The number of piperidine rings is 1. The zero-order chi connectivity index (χ0) is 12.9. The number of carbonyl (C=O) groups excluding carboxylic acids is 1. The average Bonchev–Trinajstić information content (AvgIpc) is 2.75. The first-order chi connectivity index (χ1) is 8.58. The first-order valence-corrected chi connectivity index (χ1v) is 6.12. The molecule has 2 aliphatic rings. The molecule has 96 valence electrons. The Balaban J connectivity index is 1.74. The van der Waals surface area contributed by atoms with Crippen molar-refractivity contribution in [2.24, 2.45) is 11.8 Å². The third-order valence-electron chi connectivity index (χ3n) is 3.64. The van der Waals surface area contributed by atoms with E-state index >= 15 is 0 Å². The second-order valence-corrected chi connectivity index (χ2v) is 5.14. The van der Waals surface area contributed by atoms with Crippen LogP contribution in [0.1, 0.15) is 10.4 Å². The lowest BCUT2D eigenvalue weighted by Crippen LogP contribution is -2.33. The number of carbonyl (C=O) groups is 1. The lowest BCUT2D eigenvalue weighted by molar-refractivity contribution is 0.0942. The number of amides is 1. The summed E-state index contributed by atoms with van der Waals surface area (Å²) in [6.45, 7) is 1.74. The smallest absolute Gasteiger partial charge is 0.254 e. The van der Waals surface area contributed by atoms with Gasteiger partial charge in [-0.3, -0.25) is 4.79 Å². The van der Waals surface area contributed by atoms with Gasteiger partial charge in [0.25, 0.3) is 5.91 Å². The van der Waals surface area contributed by atoms with Gasteiger partial charge in [0.2, 0.25) is 0 Å². The van der Waals surface area contributed by atoms with E-state index < -0.39 is 17.5 Å². The van der Waals surface area contributed by atoms with Crippen LogP contribution in [0.15, 0.2) is 12.1 Å². The monoisotopic (exact) mass is 272 g/mol. The minimum Gasteiger partial charge on any atom is -0.349 e. The second kappa shape index (κ2) is 4.17. The highest BCUT2D eigenvalue weighted by molar-refractivity contribution is 6.30. The Morgan fingerprint density at radius 1 is 1.28 bits per heavy atom. The molecule has 1 saturated carbocycles. The van der Waals surface area contributed by atoms with Crippen molar-refractivity contribution in [1.82, 2.24) is 10.6 Å². The molecular formula is C12H11ClF2N2O. The van der Waals surface area contributed by atoms with Crippen LogP contribution in [0.3, 0.4) is 0 Å². The van der Waals surface area contributed by atoms with E-state index in [4.69, 9.17) is 11.6 Å². The highest BCUT2D eigenvalue weighted by Gasteiger charge is 2.53. The molecule has 3 rings (SSSR count). The molecule has 1 amide bonds. The summed E-state index contributed by atoms with van der Waals surface area (Å²) < 4.78 is 26.7. The molecule has 2 unspecified atom stereocenters. The number of fused-ring (bicyclic) bond motifs is 1. The Morgan fingerprint density at radius 3 is 2.61 bits per heavy atom. The molecule has 0 radical (unpaired) electrons.